The molecule has 1 aromatic carbocycles. The molecule has 0 bridgehead atoms. The Hall–Kier alpha value is -1.44. The van der Waals surface area contributed by atoms with E-state index in [1.807, 2.05) is 13.8 Å². The highest BCUT2D eigenvalue weighted by Crippen LogP contribution is 2.21. The maximum atomic E-state index is 12.8. The van der Waals surface area contributed by atoms with Gasteiger partial charge in [0.05, 0.1) is 4.90 Å². The number of benzene rings is 1. The first-order valence-corrected chi connectivity index (χ1v) is 11.8. The Morgan fingerprint density at radius 3 is 2.29 bits per heavy atom. The summed E-state index contributed by atoms with van der Waals surface area (Å²) < 4.78 is 26.8. The van der Waals surface area contributed by atoms with Gasteiger partial charge in [-0.2, -0.15) is 4.31 Å². The summed E-state index contributed by atoms with van der Waals surface area (Å²) in [6, 6.07) is 7.00. The van der Waals surface area contributed by atoms with Crippen LogP contribution in [0.3, 0.4) is 0 Å². The van der Waals surface area contributed by atoms with Crippen molar-refractivity contribution < 1.29 is 13.2 Å². The van der Waals surface area contributed by atoms with Crippen LogP contribution in [0, 0.1) is 0 Å². The zero-order valence-electron chi connectivity index (χ0n) is 17.7. The Morgan fingerprint density at radius 1 is 1.04 bits per heavy atom. The SMILES string of the molecule is CCN(CC)S(=O)(=O)c1cccc(C(=O)N(C)CCN(C)C2CCCCC2)c1. The van der Waals surface area contributed by atoms with Crippen LogP contribution in [-0.2, 0) is 10.0 Å². The van der Waals surface area contributed by atoms with Gasteiger partial charge in [0.2, 0.25) is 10.0 Å². The van der Waals surface area contributed by atoms with Gasteiger partial charge in [-0.15, -0.1) is 0 Å². The molecule has 1 aliphatic rings. The van der Waals surface area contributed by atoms with Crippen molar-refractivity contribution in [3.05, 3.63) is 29.8 Å². The van der Waals surface area contributed by atoms with Gasteiger partial charge >= 0.3 is 0 Å². The smallest absolute Gasteiger partial charge is 0.253 e. The molecule has 0 N–H and O–H groups in total. The number of sulfonamides is 1. The molecule has 1 aromatic rings. The highest BCUT2D eigenvalue weighted by molar-refractivity contribution is 7.89. The number of rotatable bonds is 9. The third-order valence-corrected chi connectivity index (χ3v) is 7.80. The summed E-state index contributed by atoms with van der Waals surface area (Å²) in [6.07, 6.45) is 6.38. The molecule has 28 heavy (non-hydrogen) atoms. The monoisotopic (exact) mass is 409 g/mol. The molecule has 158 valence electrons. The summed E-state index contributed by atoms with van der Waals surface area (Å²) in [4.78, 5) is 17.0. The summed E-state index contributed by atoms with van der Waals surface area (Å²) >= 11 is 0. The normalized spacial score (nSPS) is 15.9. The van der Waals surface area contributed by atoms with Crippen molar-refractivity contribution in [3.8, 4) is 0 Å². The molecule has 1 aliphatic carbocycles. The molecule has 0 aromatic heterocycles. The van der Waals surface area contributed by atoms with E-state index in [2.05, 4.69) is 11.9 Å². The lowest BCUT2D eigenvalue weighted by molar-refractivity contribution is 0.0767. The van der Waals surface area contributed by atoms with Crippen LogP contribution in [0.5, 0.6) is 0 Å². The van der Waals surface area contributed by atoms with Crippen LogP contribution in [0.2, 0.25) is 0 Å². The second-order valence-electron chi connectivity index (χ2n) is 7.62. The molecular weight excluding hydrogens is 374 g/mol. The van der Waals surface area contributed by atoms with Gasteiger partial charge in [0, 0.05) is 44.8 Å². The van der Waals surface area contributed by atoms with E-state index in [1.165, 1.54) is 42.5 Å². The molecule has 2 rings (SSSR count). The van der Waals surface area contributed by atoms with Crippen molar-refractivity contribution in [1.29, 1.82) is 0 Å². The van der Waals surface area contributed by atoms with E-state index in [-0.39, 0.29) is 10.8 Å². The van der Waals surface area contributed by atoms with Gasteiger partial charge in [0.15, 0.2) is 0 Å². The predicted molar refractivity (Wildman–Crippen MR) is 113 cm³/mol. The van der Waals surface area contributed by atoms with E-state index in [4.69, 9.17) is 0 Å². The average molecular weight is 410 g/mol. The number of hydrogen-bond donors (Lipinski definition) is 0. The minimum absolute atomic E-state index is 0.145. The van der Waals surface area contributed by atoms with Gasteiger partial charge in [0.25, 0.3) is 5.91 Å². The zero-order valence-corrected chi connectivity index (χ0v) is 18.5. The fraction of sp³-hybridized carbons (Fsp3) is 0.667. The molecule has 1 saturated carbocycles. The molecule has 0 aliphatic heterocycles. The van der Waals surface area contributed by atoms with E-state index in [0.717, 1.165) is 6.54 Å². The quantitative estimate of drug-likeness (QED) is 0.629. The van der Waals surface area contributed by atoms with Crippen LogP contribution in [-0.4, -0.2) is 74.7 Å². The minimum Gasteiger partial charge on any atom is -0.340 e. The molecule has 0 spiro atoms. The molecule has 1 amide bonds. The van der Waals surface area contributed by atoms with Crippen molar-refractivity contribution >= 4 is 15.9 Å². The molecule has 1 fully saturated rings. The first kappa shape index (κ1) is 22.8. The second kappa shape index (κ2) is 10.4. The number of carbonyl (C=O) groups excluding carboxylic acids is 1. The maximum absolute atomic E-state index is 12.8. The Balaban J connectivity index is 2.03. The highest BCUT2D eigenvalue weighted by Gasteiger charge is 2.24. The van der Waals surface area contributed by atoms with E-state index in [1.54, 1.807) is 30.1 Å². The highest BCUT2D eigenvalue weighted by atomic mass is 32.2. The lowest BCUT2D eigenvalue weighted by atomic mass is 9.94. The molecule has 0 unspecified atom stereocenters. The fourth-order valence-corrected chi connectivity index (χ4v) is 5.34. The zero-order chi connectivity index (χ0) is 20.7. The third-order valence-electron chi connectivity index (χ3n) is 5.76. The van der Waals surface area contributed by atoms with Crippen LogP contribution in [0.25, 0.3) is 0 Å². The fourth-order valence-electron chi connectivity index (χ4n) is 3.84. The van der Waals surface area contributed by atoms with Gasteiger partial charge in [0.1, 0.15) is 0 Å². The van der Waals surface area contributed by atoms with Crippen molar-refractivity contribution in [2.45, 2.75) is 56.9 Å². The molecule has 0 radical (unpaired) electrons. The number of likely N-dealkylation sites (N-methyl/N-ethyl adjacent to an activating group) is 2. The first-order valence-electron chi connectivity index (χ1n) is 10.4. The summed E-state index contributed by atoms with van der Waals surface area (Å²) in [6.45, 7) is 5.89. The summed E-state index contributed by atoms with van der Waals surface area (Å²) in [5, 5.41) is 0. The Kier molecular flexibility index (Phi) is 8.46. The van der Waals surface area contributed by atoms with Gasteiger partial charge in [-0.1, -0.05) is 39.2 Å². The maximum Gasteiger partial charge on any atom is 0.253 e. The van der Waals surface area contributed by atoms with Crippen molar-refractivity contribution in [1.82, 2.24) is 14.1 Å². The molecule has 6 nitrogen and oxygen atoms in total. The van der Waals surface area contributed by atoms with E-state index >= 15 is 0 Å². The largest absolute Gasteiger partial charge is 0.340 e. The minimum atomic E-state index is -3.57. The molecular formula is C21H35N3O3S. The first-order chi connectivity index (χ1) is 13.3. The van der Waals surface area contributed by atoms with E-state index < -0.39 is 10.0 Å². The van der Waals surface area contributed by atoms with Gasteiger partial charge in [-0.3, -0.25) is 4.79 Å². The number of carbonyl (C=O) groups is 1. The topological polar surface area (TPSA) is 60.9 Å². The average Bonchev–Trinajstić information content (AvgIpc) is 2.72. The molecule has 7 heteroatoms. The summed E-state index contributed by atoms with van der Waals surface area (Å²) in [7, 11) is 0.342. The van der Waals surface area contributed by atoms with Gasteiger partial charge < -0.3 is 9.80 Å². The summed E-state index contributed by atoms with van der Waals surface area (Å²) in [5.41, 5.74) is 0.413. The predicted octanol–water partition coefficient (Wildman–Crippen LogP) is 3.05. The Morgan fingerprint density at radius 2 is 1.68 bits per heavy atom. The lowest BCUT2D eigenvalue weighted by Gasteiger charge is -2.32. The molecule has 0 atom stereocenters. The van der Waals surface area contributed by atoms with Gasteiger partial charge in [-0.25, -0.2) is 8.42 Å². The second-order valence-corrected chi connectivity index (χ2v) is 9.55. The molecule has 0 heterocycles. The van der Waals surface area contributed by atoms with Gasteiger partial charge in [-0.05, 0) is 38.1 Å². The van der Waals surface area contributed by atoms with Crippen molar-refractivity contribution in [2.75, 3.05) is 40.3 Å². The van der Waals surface area contributed by atoms with Crippen LogP contribution in [0.4, 0.5) is 0 Å². The van der Waals surface area contributed by atoms with Crippen LogP contribution in [0.1, 0.15) is 56.3 Å². The molecule has 0 saturated heterocycles. The van der Waals surface area contributed by atoms with E-state index in [9.17, 15) is 13.2 Å². The third kappa shape index (κ3) is 5.55. The standard InChI is InChI=1S/C21H35N3O3S/c1-5-24(6-2)28(26,27)20-14-10-11-18(17-20)21(25)23(4)16-15-22(3)19-12-8-7-9-13-19/h10-11,14,17,19H,5-9,12-13,15-16H2,1-4H3. The Labute approximate surface area is 170 Å². The van der Waals surface area contributed by atoms with Crippen molar-refractivity contribution in [3.63, 3.8) is 0 Å². The number of hydrogen-bond acceptors (Lipinski definition) is 4. The van der Waals surface area contributed by atoms with Crippen LogP contribution in [0.15, 0.2) is 29.2 Å². The van der Waals surface area contributed by atoms with Crippen molar-refractivity contribution in [2.24, 2.45) is 0 Å². The van der Waals surface area contributed by atoms with Crippen LogP contribution >= 0.6 is 0 Å². The summed E-state index contributed by atoms with van der Waals surface area (Å²) in [5.74, 6) is -0.145. The van der Waals surface area contributed by atoms with Crippen LogP contribution < -0.4 is 0 Å². The van der Waals surface area contributed by atoms with E-state index in [0.29, 0.717) is 31.2 Å². The number of nitrogens with zero attached hydrogens (tertiary/aromatic N) is 3. The lowest BCUT2D eigenvalue weighted by Crippen LogP contribution is -2.40. The number of amides is 1. The Bertz CT molecular complexity index is 741.